The van der Waals surface area contributed by atoms with Crippen LogP contribution in [0, 0.1) is 10.8 Å². The summed E-state index contributed by atoms with van der Waals surface area (Å²) >= 11 is 6.54. The van der Waals surface area contributed by atoms with E-state index >= 15 is 0 Å². The molecule has 0 spiro atoms. The van der Waals surface area contributed by atoms with Gasteiger partial charge in [0.25, 0.3) is 5.91 Å². The summed E-state index contributed by atoms with van der Waals surface area (Å²) in [5.74, 6) is 0.374. The Morgan fingerprint density at radius 3 is 2.03 bits per heavy atom. The summed E-state index contributed by atoms with van der Waals surface area (Å²) in [6, 6.07) is 3.36. The molecule has 2 aliphatic carbocycles. The van der Waals surface area contributed by atoms with E-state index in [-0.39, 0.29) is 45.5 Å². The number of halogens is 1. The summed E-state index contributed by atoms with van der Waals surface area (Å²) in [6.07, 6.45) is 1.92. The molecule has 34 heavy (non-hydrogen) atoms. The minimum atomic E-state index is -0.651. The zero-order valence-electron chi connectivity index (χ0n) is 20.2. The summed E-state index contributed by atoms with van der Waals surface area (Å²) in [5, 5.41) is 0.193. The Balaban J connectivity index is 1.90. The van der Waals surface area contributed by atoms with Crippen LogP contribution in [-0.4, -0.2) is 31.2 Å². The third-order valence-corrected chi connectivity index (χ3v) is 6.81. The first-order chi connectivity index (χ1) is 15.8. The number of methoxy groups -OCH3 is 1. The van der Waals surface area contributed by atoms with E-state index in [0.717, 1.165) is 0 Å². The van der Waals surface area contributed by atoms with Gasteiger partial charge >= 0.3 is 0 Å². The second-order valence-corrected chi connectivity index (χ2v) is 11.3. The Kier molecular flexibility index (Phi) is 6.05. The lowest BCUT2D eigenvalue weighted by Gasteiger charge is -2.42. The molecule has 0 saturated carbocycles. The number of ketones is 2. The first-order valence-electron chi connectivity index (χ1n) is 11.3. The number of amides is 1. The lowest BCUT2D eigenvalue weighted by molar-refractivity contribution is -0.121. The molecular weight excluding hydrogens is 458 g/mol. The quantitative estimate of drug-likeness (QED) is 0.650. The van der Waals surface area contributed by atoms with Gasteiger partial charge in [-0.25, -0.2) is 0 Å². The number of Topliss-reactive ketones (excluding diaryl/α,β-unsaturated/α-hetero) is 2. The van der Waals surface area contributed by atoms with Crippen molar-refractivity contribution in [2.24, 2.45) is 16.6 Å². The van der Waals surface area contributed by atoms with Crippen molar-refractivity contribution < 1.29 is 28.6 Å². The van der Waals surface area contributed by atoms with Crippen molar-refractivity contribution >= 4 is 29.1 Å². The van der Waals surface area contributed by atoms with Gasteiger partial charge in [0.05, 0.1) is 12.1 Å². The van der Waals surface area contributed by atoms with Crippen LogP contribution in [0.4, 0.5) is 0 Å². The third kappa shape index (κ3) is 4.45. The first kappa shape index (κ1) is 24.3. The summed E-state index contributed by atoms with van der Waals surface area (Å²) in [6.45, 7) is 7.79. The molecule has 0 atom stereocenters. The van der Waals surface area contributed by atoms with Gasteiger partial charge in [-0.1, -0.05) is 39.3 Å². The van der Waals surface area contributed by atoms with E-state index in [1.54, 1.807) is 12.1 Å². The molecule has 0 fully saturated rings. The van der Waals surface area contributed by atoms with Crippen molar-refractivity contribution in [2.45, 2.75) is 59.3 Å². The molecule has 8 heteroatoms. The standard InChI is InChI=1S/C26H30ClNO6/c1-25(2)8-15(29)22-18(10-25)34-19-11-26(3,4)9-16(30)23(19)21(22)13-6-14(27)24(17(7-13)32-5)33-12-20(28)31/h6-7,21H,8-12H2,1-5H3,(H2,28,31). The molecule has 182 valence electrons. The third-order valence-electron chi connectivity index (χ3n) is 6.53. The molecule has 0 unspecified atom stereocenters. The zero-order chi connectivity index (χ0) is 25.0. The Morgan fingerprint density at radius 1 is 1.03 bits per heavy atom. The van der Waals surface area contributed by atoms with Gasteiger partial charge in [0.2, 0.25) is 0 Å². The fourth-order valence-corrected chi connectivity index (χ4v) is 5.47. The average molecular weight is 488 g/mol. The van der Waals surface area contributed by atoms with Gasteiger partial charge in [0.1, 0.15) is 11.5 Å². The molecular formula is C26H30ClNO6. The van der Waals surface area contributed by atoms with E-state index in [1.165, 1.54) is 7.11 Å². The van der Waals surface area contributed by atoms with Crippen molar-refractivity contribution in [3.63, 3.8) is 0 Å². The van der Waals surface area contributed by atoms with E-state index in [1.807, 2.05) is 27.7 Å². The normalized spacial score (nSPS) is 21.6. The predicted molar refractivity (Wildman–Crippen MR) is 127 cm³/mol. The van der Waals surface area contributed by atoms with Crippen LogP contribution in [0.3, 0.4) is 0 Å². The topological polar surface area (TPSA) is 105 Å². The molecule has 1 amide bonds. The fourth-order valence-electron chi connectivity index (χ4n) is 5.20. The molecule has 7 nitrogen and oxygen atoms in total. The summed E-state index contributed by atoms with van der Waals surface area (Å²) in [5.41, 5.74) is 6.37. The second kappa shape index (κ2) is 8.45. The van der Waals surface area contributed by atoms with Crippen molar-refractivity contribution in [1.29, 1.82) is 0 Å². The number of hydrogen-bond donors (Lipinski definition) is 1. The molecule has 1 aliphatic heterocycles. The van der Waals surface area contributed by atoms with Gasteiger partial charge < -0.3 is 19.9 Å². The van der Waals surface area contributed by atoms with Gasteiger partial charge in [-0.3, -0.25) is 14.4 Å². The van der Waals surface area contributed by atoms with Crippen LogP contribution in [0.5, 0.6) is 11.5 Å². The average Bonchev–Trinajstić information content (AvgIpc) is 2.68. The van der Waals surface area contributed by atoms with E-state index in [4.69, 9.17) is 31.5 Å². The monoisotopic (exact) mass is 487 g/mol. The van der Waals surface area contributed by atoms with Gasteiger partial charge in [-0.05, 0) is 28.5 Å². The minimum absolute atomic E-state index is 0.0374. The summed E-state index contributed by atoms with van der Waals surface area (Å²) in [4.78, 5) is 38.0. The highest BCUT2D eigenvalue weighted by Crippen LogP contribution is 2.54. The SMILES string of the molecule is COc1cc(C2C3=C(CC(C)(C)CC3=O)OC3=C2C(=O)CC(C)(C)C3)cc(Cl)c1OCC(N)=O. The lowest BCUT2D eigenvalue weighted by atomic mass is 9.65. The van der Waals surface area contributed by atoms with Crippen molar-refractivity contribution in [2.75, 3.05) is 13.7 Å². The smallest absolute Gasteiger partial charge is 0.255 e. The van der Waals surface area contributed by atoms with Crippen LogP contribution < -0.4 is 15.2 Å². The molecule has 0 aromatic heterocycles. The molecule has 3 aliphatic rings. The largest absolute Gasteiger partial charge is 0.493 e. The molecule has 1 heterocycles. The van der Waals surface area contributed by atoms with Gasteiger partial charge in [0, 0.05) is 42.7 Å². The van der Waals surface area contributed by atoms with Crippen LogP contribution in [0.1, 0.15) is 64.9 Å². The number of carbonyl (C=O) groups is 3. The number of carbonyl (C=O) groups excluding carboxylic acids is 3. The molecule has 0 radical (unpaired) electrons. The molecule has 0 saturated heterocycles. The molecule has 4 rings (SSSR count). The van der Waals surface area contributed by atoms with Crippen LogP contribution in [0.2, 0.25) is 5.02 Å². The van der Waals surface area contributed by atoms with Crippen LogP contribution in [0.15, 0.2) is 34.8 Å². The van der Waals surface area contributed by atoms with Crippen molar-refractivity contribution in [3.05, 3.63) is 45.4 Å². The Bertz CT molecular complexity index is 1110. The van der Waals surface area contributed by atoms with Gasteiger partial charge in [-0.2, -0.15) is 0 Å². The Labute approximate surface area is 204 Å². The van der Waals surface area contributed by atoms with E-state index in [2.05, 4.69) is 0 Å². The number of benzene rings is 1. The predicted octanol–water partition coefficient (Wildman–Crippen LogP) is 4.61. The maximum atomic E-state index is 13.4. The van der Waals surface area contributed by atoms with Crippen LogP contribution in [0.25, 0.3) is 0 Å². The zero-order valence-corrected chi connectivity index (χ0v) is 20.9. The highest BCUT2D eigenvalue weighted by Gasteiger charge is 2.48. The van der Waals surface area contributed by atoms with E-state index < -0.39 is 11.8 Å². The number of nitrogens with two attached hydrogens (primary N) is 1. The number of primary amides is 1. The highest BCUT2D eigenvalue weighted by atomic mass is 35.5. The van der Waals surface area contributed by atoms with Gasteiger partial charge in [-0.15, -0.1) is 0 Å². The number of rotatable bonds is 5. The van der Waals surface area contributed by atoms with Crippen molar-refractivity contribution in [1.82, 2.24) is 0 Å². The number of hydrogen-bond acceptors (Lipinski definition) is 6. The second-order valence-electron chi connectivity index (χ2n) is 10.9. The van der Waals surface area contributed by atoms with Crippen molar-refractivity contribution in [3.8, 4) is 11.5 Å². The van der Waals surface area contributed by atoms with Crippen LogP contribution in [-0.2, 0) is 19.1 Å². The Hall–Kier alpha value is -2.80. The molecule has 1 aromatic rings. The molecule has 1 aromatic carbocycles. The maximum absolute atomic E-state index is 13.4. The molecule has 2 N–H and O–H groups in total. The fraction of sp³-hybridized carbons (Fsp3) is 0.500. The Morgan fingerprint density at radius 2 is 1.56 bits per heavy atom. The molecule has 0 bridgehead atoms. The summed E-state index contributed by atoms with van der Waals surface area (Å²) < 4.78 is 17.3. The highest BCUT2D eigenvalue weighted by molar-refractivity contribution is 6.32. The van der Waals surface area contributed by atoms with E-state index in [0.29, 0.717) is 53.9 Å². The minimum Gasteiger partial charge on any atom is -0.493 e. The number of ether oxygens (including phenoxy) is 3. The van der Waals surface area contributed by atoms with Gasteiger partial charge in [0.15, 0.2) is 29.7 Å². The van der Waals surface area contributed by atoms with E-state index in [9.17, 15) is 14.4 Å². The number of allylic oxidation sites excluding steroid dienone is 4. The summed E-state index contributed by atoms with van der Waals surface area (Å²) in [7, 11) is 1.45. The lowest BCUT2D eigenvalue weighted by Crippen LogP contribution is -2.37. The first-order valence-corrected chi connectivity index (χ1v) is 11.7. The maximum Gasteiger partial charge on any atom is 0.255 e. The van der Waals surface area contributed by atoms with Crippen LogP contribution >= 0.6 is 11.6 Å².